The van der Waals surface area contributed by atoms with E-state index in [4.69, 9.17) is 16.3 Å². The molecule has 3 nitrogen and oxygen atoms in total. The van der Waals surface area contributed by atoms with Gasteiger partial charge in [-0.1, -0.05) is 11.6 Å². The summed E-state index contributed by atoms with van der Waals surface area (Å²) in [7, 11) is 0. The first-order valence-electron chi connectivity index (χ1n) is 4.69. The average molecular weight is 230 g/mol. The van der Waals surface area contributed by atoms with Crippen molar-refractivity contribution < 1.29 is 13.9 Å². The molecule has 2 rings (SSSR count). The standard InChI is InChI=1S/C10H9ClFNO2/c11-9-8(4-6(12)5-13-9)10(14)15-7-2-1-3-7/h4-5,7H,1-3H2. The number of rotatable bonds is 2. The lowest BCUT2D eigenvalue weighted by molar-refractivity contribution is 0.00893. The van der Waals surface area contributed by atoms with Crippen LogP contribution in [0.3, 0.4) is 0 Å². The number of nitrogens with zero attached hydrogens (tertiary/aromatic N) is 1. The van der Waals surface area contributed by atoms with Crippen LogP contribution in [0, 0.1) is 5.82 Å². The van der Waals surface area contributed by atoms with Crippen LogP contribution in [-0.4, -0.2) is 17.1 Å². The summed E-state index contributed by atoms with van der Waals surface area (Å²) < 4.78 is 17.9. The predicted octanol–water partition coefficient (Wildman–Crippen LogP) is 2.58. The van der Waals surface area contributed by atoms with E-state index in [-0.39, 0.29) is 16.8 Å². The van der Waals surface area contributed by atoms with Gasteiger partial charge in [0.15, 0.2) is 0 Å². The zero-order chi connectivity index (χ0) is 10.8. The van der Waals surface area contributed by atoms with E-state index in [0.29, 0.717) is 0 Å². The highest BCUT2D eigenvalue weighted by Gasteiger charge is 2.24. The molecular formula is C10H9ClFNO2. The molecule has 0 aliphatic heterocycles. The third-order valence-corrected chi connectivity index (χ3v) is 2.65. The molecule has 1 aliphatic rings. The van der Waals surface area contributed by atoms with E-state index in [0.717, 1.165) is 31.5 Å². The van der Waals surface area contributed by atoms with Crippen LogP contribution < -0.4 is 0 Å². The molecule has 1 aromatic rings. The highest BCUT2D eigenvalue weighted by molar-refractivity contribution is 6.32. The van der Waals surface area contributed by atoms with Crippen molar-refractivity contribution in [2.45, 2.75) is 25.4 Å². The number of pyridine rings is 1. The lowest BCUT2D eigenvalue weighted by atomic mass is 9.96. The van der Waals surface area contributed by atoms with Crippen molar-refractivity contribution >= 4 is 17.6 Å². The molecule has 0 bridgehead atoms. The van der Waals surface area contributed by atoms with Gasteiger partial charge >= 0.3 is 5.97 Å². The third kappa shape index (κ3) is 2.26. The maximum Gasteiger partial charge on any atom is 0.341 e. The Kier molecular flexibility index (Phi) is 2.86. The van der Waals surface area contributed by atoms with Gasteiger partial charge in [0.1, 0.15) is 17.1 Å². The van der Waals surface area contributed by atoms with Crippen molar-refractivity contribution in [3.8, 4) is 0 Å². The summed E-state index contributed by atoms with van der Waals surface area (Å²) in [5.41, 5.74) is -0.0106. The number of ether oxygens (including phenoxy) is 1. The molecule has 80 valence electrons. The fraction of sp³-hybridized carbons (Fsp3) is 0.400. The molecule has 0 saturated heterocycles. The number of hydrogen-bond donors (Lipinski definition) is 0. The van der Waals surface area contributed by atoms with Crippen LogP contribution in [-0.2, 0) is 4.74 Å². The van der Waals surface area contributed by atoms with E-state index >= 15 is 0 Å². The molecule has 5 heteroatoms. The van der Waals surface area contributed by atoms with Crippen LogP contribution in [0.1, 0.15) is 29.6 Å². The molecular weight excluding hydrogens is 221 g/mol. The van der Waals surface area contributed by atoms with Gasteiger partial charge in [0, 0.05) is 0 Å². The minimum absolute atomic E-state index is 0.0106. The van der Waals surface area contributed by atoms with Gasteiger partial charge in [0.05, 0.1) is 11.8 Å². The summed E-state index contributed by atoms with van der Waals surface area (Å²) in [5.74, 6) is -1.20. The number of aromatic nitrogens is 1. The van der Waals surface area contributed by atoms with Crippen molar-refractivity contribution in [1.82, 2.24) is 4.98 Å². The van der Waals surface area contributed by atoms with Gasteiger partial charge in [0.25, 0.3) is 0 Å². The Morgan fingerprint density at radius 1 is 1.60 bits per heavy atom. The average Bonchev–Trinajstić information content (AvgIpc) is 2.15. The van der Waals surface area contributed by atoms with E-state index in [1.54, 1.807) is 0 Å². The fourth-order valence-electron chi connectivity index (χ4n) is 1.27. The second kappa shape index (κ2) is 4.14. The lowest BCUT2D eigenvalue weighted by Crippen LogP contribution is -2.25. The molecule has 15 heavy (non-hydrogen) atoms. The maximum absolute atomic E-state index is 12.8. The highest BCUT2D eigenvalue weighted by atomic mass is 35.5. The van der Waals surface area contributed by atoms with E-state index < -0.39 is 11.8 Å². The molecule has 0 amide bonds. The van der Waals surface area contributed by atoms with Gasteiger partial charge < -0.3 is 4.74 Å². The second-order valence-corrected chi connectivity index (χ2v) is 3.81. The van der Waals surface area contributed by atoms with E-state index in [2.05, 4.69) is 4.98 Å². The maximum atomic E-state index is 12.8. The van der Waals surface area contributed by atoms with E-state index in [1.165, 1.54) is 0 Å². The summed E-state index contributed by atoms with van der Waals surface area (Å²) in [6.45, 7) is 0. The van der Waals surface area contributed by atoms with Crippen LogP contribution in [0.2, 0.25) is 5.15 Å². The first-order chi connectivity index (χ1) is 7.16. The minimum atomic E-state index is -0.600. The molecule has 1 fully saturated rings. The molecule has 1 heterocycles. The fourth-order valence-corrected chi connectivity index (χ4v) is 1.45. The van der Waals surface area contributed by atoms with Crippen molar-refractivity contribution in [2.75, 3.05) is 0 Å². The van der Waals surface area contributed by atoms with Gasteiger partial charge in [-0.2, -0.15) is 0 Å². The van der Waals surface area contributed by atoms with Gasteiger partial charge in [-0.3, -0.25) is 0 Å². The van der Waals surface area contributed by atoms with Gasteiger partial charge in [0.2, 0.25) is 0 Å². The first-order valence-corrected chi connectivity index (χ1v) is 5.06. The van der Waals surface area contributed by atoms with Crippen molar-refractivity contribution in [1.29, 1.82) is 0 Å². The topological polar surface area (TPSA) is 39.2 Å². The number of esters is 1. The van der Waals surface area contributed by atoms with Gasteiger partial charge in [-0.25, -0.2) is 14.2 Å². The lowest BCUT2D eigenvalue weighted by Gasteiger charge is -2.25. The Bertz CT molecular complexity index is 393. The molecule has 1 aliphatic carbocycles. The van der Waals surface area contributed by atoms with E-state index in [1.807, 2.05) is 0 Å². The molecule has 0 aromatic carbocycles. The Morgan fingerprint density at radius 2 is 2.33 bits per heavy atom. The zero-order valence-electron chi connectivity index (χ0n) is 7.87. The number of hydrogen-bond acceptors (Lipinski definition) is 3. The van der Waals surface area contributed by atoms with Crippen LogP contribution in [0.5, 0.6) is 0 Å². The first kappa shape index (κ1) is 10.4. The third-order valence-electron chi connectivity index (χ3n) is 2.35. The van der Waals surface area contributed by atoms with Gasteiger partial charge in [-0.15, -0.1) is 0 Å². The minimum Gasteiger partial charge on any atom is -0.459 e. The SMILES string of the molecule is O=C(OC1CCC1)c1cc(F)cnc1Cl. The number of carbonyl (C=O) groups excluding carboxylic acids is 1. The number of carbonyl (C=O) groups is 1. The van der Waals surface area contributed by atoms with Crippen LogP contribution in [0.4, 0.5) is 4.39 Å². The highest BCUT2D eigenvalue weighted by Crippen LogP contribution is 2.24. The molecule has 1 saturated carbocycles. The monoisotopic (exact) mass is 229 g/mol. The zero-order valence-corrected chi connectivity index (χ0v) is 8.63. The molecule has 0 radical (unpaired) electrons. The quantitative estimate of drug-likeness (QED) is 0.578. The summed E-state index contributed by atoms with van der Waals surface area (Å²) in [4.78, 5) is 15.0. The van der Waals surface area contributed by atoms with Gasteiger partial charge in [-0.05, 0) is 25.3 Å². The van der Waals surface area contributed by atoms with Crippen LogP contribution in [0.15, 0.2) is 12.3 Å². The summed E-state index contributed by atoms with van der Waals surface area (Å²) >= 11 is 5.66. The summed E-state index contributed by atoms with van der Waals surface area (Å²) in [5, 5.41) is -0.0271. The van der Waals surface area contributed by atoms with E-state index in [9.17, 15) is 9.18 Å². The molecule has 0 spiro atoms. The van der Waals surface area contributed by atoms with Crippen molar-refractivity contribution in [3.05, 3.63) is 28.8 Å². The smallest absolute Gasteiger partial charge is 0.341 e. The largest absolute Gasteiger partial charge is 0.459 e. The normalized spacial score (nSPS) is 15.9. The molecule has 0 N–H and O–H groups in total. The summed E-state index contributed by atoms with van der Waals surface area (Å²) in [6, 6.07) is 1.04. The molecule has 1 aromatic heterocycles. The Hall–Kier alpha value is -1.16. The van der Waals surface area contributed by atoms with Crippen molar-refractivity contribution in [2.24, 2.45) is 0 Å². The second-order valence-electron chi connectivity index (χ2n) is 3.45. The van der Waals surface area contributed by atoms with Crippen LogP contribution >= 0.6 is 11.6 Å². The predicted molar refractivity (Wildman–Crippen MR) is 52.3 cm³/mol. The molecule has 0 atom stereocenters. The summed E-state index contributed by atoms with van der Waals surface area (Å²) in [6.07, 6.45) is 3.71. The van der Waals surface area contributed by atoms with Crippen LogP contribution in [0.25, 0.3) is 0 Å². The number of halogens is 2. The molecule has 0 unspecified atom stereocenters. The Morgan fingerprint density at radius 3 is 2.93 bits per heavy atom. The Labute approximate surface area is 91.2 Å². The van der Waals surface area contributed by atoms with Crippen molar-refractivity contribution in [3.63, 3.8) is 0 Å². The Balaban J connectivity index is 2.12.